The molecule has 10 heteroatoms. The van der Waals surface area contributed by atoms with Gasteiger partial charge in [0.1, 0.15) is 0 Å². The van der Waals surface area contributed by atoms with Gasteiger partial charge in [-0.25, -0.2) is 4.68 Å². The minimum Gasteiger partial charge on any atom is -0.463 e. The predicted molar refractivity (Wildman–Crippen MR) is 62.1 cm³/mol. The molecule has 0 saturated heterocycles. The number of anilines is 1. The molecule has 0 radical (unpaired) electrons. The van der Waals surface area contributed by atoms with Crippen molar-refractivity contribution in [1.29, 1.82) is 0 Å². The Morgan fingerprint density at radius 3 is 2.65 bits per heavy atom. The van der Waals surface area contributed by atoms with E-state index in [4.69, 9.17) is 10.5 Å². The molecule has 2 heterocycles. The molecule has 0 fully saturated rings. The molecule has 2 rings (SSSR count). The fourth-order valence-corrected chi connectivity index (χ4v) is 1.31. The zero-order valence-electron chi connectivity index (χ0n) is 10.4. The minimum absolute atomic E-state index is 0.0570. The van der Waals surface area contributed by atoms with Crippen LogP contribution in [0.4, 0.5) is 19.1 Å². The molecule has 0 aliphatic heterocycles. The van der Waals surface area contributed by atoms with Gasteiger partial charge in [-0.05, 0) is 12.5 Å². The van der Waals surface area contributed by atoms with Gasteiger partial charge < -0.3 is 10.5 Å². The Kier molecular flexibility index (Phi) is 3.72. The van der Waals surface area contributed by atoms with E-state index in [0.717, 1.165) is 23.4 Å². The first-order chi connectivity index (χ1) is 9.40. The maximum Gasteiger partial charge on any atom is 0.435 e. The Balaban J connectivity index is 2.32. The van der Waals surface area contributed by atoms with Crippen molar-refractivity contribution in [2.45, 2.75) is 19.5 Å². The van der Waals surface area contributed by atoms with Crippen LogP contribution in [0.5, 0.6) is 6.01 Å². The minimum atomic E-state index is -4.54. The second-order valence-electron chi connectivity index (χ2n) is 3.77. The summed E-state index contributed by atoms with van der Waals surface area (Å²) < 4.78 is 43.4. The van der Waals surface area contributed by atoms with Gasteiger partial charge in [0, 0.05) is 6.20 Å². The number of halogens is 3. The third-order valence-electron chi connectivity index (χ3n) is 2.14. The van der Waals surface area contributed by atoms with Crippen LogP contribution < -0.4 is 10.5 Å². The van der Waals surface area contributed by atoms with Crippen LogP contribution in [0.25, 0.3) is 5.95 Å². The number of rotatable bonds is 4. The van der Waals surface area contributed by atoms with E-state index in [9.17, 15) is 13.2 Å². The molecule has 0 bridgehead atoms. The summed E-state index contributed by atoms with van der Waals surface area (Å²) in [7, 11) is 0. The Bertz CT molecular complexity index is 597. The summed E-state index contributed by atoms with van der Waals surface area (Å²) in [6, 6.07) is 0.755. The zero-order valence-corrected chi connectivity index (χ0v) is 10.4. The molecule has 0 spiro atoms. The SMILES string of the molecule is CCCOc1nc(N)nc(-n2ccc(C(F)(F)F)n2)n1. The van der Waals surface area contributed by atoms with Gasteiger partial charge >= 0.3 is 12.2 Å². The fourth-order valence-electron chi connectivity index (χ4n) is 1.31. The lowest BCUT2D eigenvalue weighted by Crippen LogP contribution is -2.11. The Morgan fingerprint density at radius 1 is 1.30 bits per heavy atom. The summed E-state index contributed by atoms with van der Waals surface area (Å²) >= 11 is 0. The van der Waals surface area contributed by atoms with E-state index in [1.807, 2.05) is 6.92 Å². The largest absolute Gasteiger partial charge is 0.463 e. The van der Waals surface area contributed by atoms with Crippen LogP contribution >= 0.6 is 0 Å². The van der Waals surface area contributed by atoms with E-state index in [-0.39, 0.29) is 17.9 Å². The molecule has 0 aliphatic rings. The molecule has 0 aliphatic carbocycles. The first-order valence-electron chi connectivity index (χ1n) is 5.67. The highest BCUT2D eigenvalue weighted by Gasteiger charge is 2.33. The maximum absolute atomic E-state index is 12.5. The molecule has 7 nitrogen and oxygen atoms in total. The molecule has 0 atom stereocenters. The first kappa shape index (κ1) is 14.0. The first-order valence-corrected chi connectivity index (χ1v) is 5.67. The van der Waals surface area contributed by atoms with Gasteiger partial charge in [-0.15, -0.1) is 0 Å². The van der Waals surface area contributed by atoms with E-state index < -0.39 is 11.9 Å². The third kappa shape index (κ3) is 3.13. The van der Waals surface area contributed by atoms with Crippen LogP contribution in [0.2, 0.25) is 0 Å². The van der Waals surface area contributed by atoms with Gasteiger partial charge in [0.15, 0.2) is 5.69 Å². The average molecular weight is 288 g/mol. The molecule has 20 heavy (non-hydrogen) atoms. The molecular weight excluding hydrogens is 277 g/mol. The number of nitrogens with two attached hydrogens (primary N) is 1. The summed E-state index contributed by atoms with van der Waals surface area (Å²) in [5.74, 6) is -0.302. The lowest BCUT2D eigenvalue weighted by atomic mass is 10.4. The Labute approximate surface area is 111 Å². The third-order valence-corrected chi connectivity index (χ3v) is 2.14. The summed E-state index contributed by atoms with van der Waals surface area (Å²) in [6.07, 6.45) is -2.73. The molecule has 0 amide bonds. The highest BCUT2D eigenvalue weighted by atomic mass is 19.4. The Morgan fingerprint density at radius 2 is 2.05 bits per heavy atom. The van der Waals surface area contributed by atoms with Crippen molar-refractivity contribution < 1.29 is 17.9 Å². The molecule has 0 saturated carbocycles. The quantitative estimate of drug-likeness (QED) is 0.915. The number of hydrogen-bond donors (Lipinski definition) is 1. The summed E-state index contributed by atoms with van der Waals surface area (Å²) in [5.41, 5.74) is 4.41. The van der Waals surface area contributed by atoms with E-state index in [1.54, 1.807) is 0 Å². The second kappa shape index (κ2) is 5.31. The maximum atomic E-state index is 12.5. The molecule has 108 valence electrons. The van der Waals surface area contributed by atoms with Gasteiger partial charge in [-0.1, -0.05) is 6.92 Å². The van der Waals surface area contributed by atoms with Gasteiger partial charge in [0.05, 0.1) is 6.61 Å². The highest BCUT2D eigenvalue weighted by Crippen LogP contribution is 2.27. The van der Waals surface area contributed by atoms with Crippen molar-refractivity contribution in [3.63, 3.8) is 0 Å². The molecule has 2 aromatic rings. The van der Waals surface area contributed by atoms with Crippen LogP contribution in [0.3, 0.4) is 0 Å². The smallest absolute Gasteiger partial charge is 0.435 e. The van der Waals surface area contributed by atoms with Crippen molar-refractivity contribution in [2.75, 3.05) is 12.3 Å². The molecule has 0 unspecified atom stereocenters. The van der Waals surface area contributed by atoms with E-state index in [0.29, 0.717) is 6.61 Å². The topological polar surface area (TPSA) is 91.7 Å². The van der Waals surface area contributed by atoms with E-state index in [2.05, 4.69) is 20.1 Å². The van der Waals surface area contributed by atoms with Crippen LogP contribution in [0.15, 0.2) is 12.3 Å². The summed E-state index contributed by atoms with van der Waals surface area (Å²) in [6.45, 7) is 2.24. The molecule has 2 N–H and O–H groups in total. The van der Waals surface area contributed by atoms with E-state index in [1.165, 1.54) is 0 Å². The van der Waals surface area contributed by atoms with Gasteiger partial charge in [0.25, 0.3) is 5.95 Å². The van der Waals surface area contributed by atoms with Crippen molar-refractivity contribution in [3.8, 4) is 12.0 Å². The number of nitrogens with zero attached hydrogens (tertiary/aromatic N) is 5. The predicted octanol–water partition coefficient (Wildman–Crippen LogP) is 1.45. The van der Waals surface area contributed by atoms with Crippen molar-refractivity contribution in [3.05, 3.63) is 18.0 Å². The lowest BCUT2D eigenvalue weighted by Gasteiger charge is -2.05. The highest BCUT2D eigenvalue weighted by molar-refractivity contribution is 5.25. The van der Waals surface area contributed by atoms with Gasteiger partial charge in [0.2, 0.25) is 5.95 Å². The van der Waals surface area contributed by atoms with Crippen molar-refractivity contribution >= 4 is 5.95 Å². The number of nitrogen functional groups attached to an aromatic ring is 1. The summed E-state index contributed by atoms with van der Waals surface area (Å²) in [4.78, 5) is 11.3. The number of ether oxygens (including phenoxy) is 1. The Hall–Kier alpha value is -2.39. The second-order valence-corrected chi connectivity index (χ2v) is 3.77. The van der Waals surface area contributed by atoms with Crippen molar-refractivity contribution in [2.24, 2.45) is 0 Å². The normalized spacial score (nSPS) is 11.6. The van der Waals surface area contributed by atoms with Crippen LogP contribution in [-0.2, 0) is 6.18 Å². The van der Waals surface area contributed by atoms with E-state index >= 15 is 0 Å². The number of hydrogen-bond acceptors (Lipinski definition) is 6. The lowest BCUT2D eigenvalue weighted by molar-refractivity contribution is -0.141. The summed E-state index contributed by atoms with van der Waals surface area (Å²) in [5, 5.41) is 3.34. The average Bonchev–Trinajstić information content (AvgIpc) is 2.85. The van der Waals surface area contributed by atoms with Crippen molar-refractivity contribution in [1.82, 2.24) is 24.7 Å². The molecular formula is C10H11F3N6O. The molecule has 0 aromatic carbocycles. The number of aromatic nitrogens is 5. The van der Waals surface area contributed by atoms with Gasteiger partial charge in [-0.2, -0.15) is 33.2 Å². The van der Waals surface area contributed by atoms with Gasteiger partial charge in [-0.3, -0.25) is 0 Å². The van der Waals surface area contributed by atoms with Crippen LogP contribution in [0.1, 0.15) is 19.0 Å². The van der Waals surface area contributed by atoms with Crippen LogP contribution in [-0.4, -0.2) is 31.3 Å². The fraction of sp³-hybridized carbons (Fsp3) is 0.400. The standard InChI is InChI=1S/C10H11F3N6O/c1-2-5-20-9-16-7(14)15-8(17-9)19-4-3-6(18-19)10(11,12)13/h3-4H,2,5H2,1H3,(H2,14,15,16,17). The van der Waals surface area contributed by atoms with Crippen LogP contribution in [0, 0.1) is 0 Å². The molecule has 2 aromatic heterocycles. The zero-order chi connectivity index (χ0) is 14.8. The monoisotopic (exact) mass is 288 g/mol. The number of alkyl halides is 3.